The summed E-state index contributed by atoms with van der Waals surface area (Å²) in [6, 6.07) is 39.1. The SMILES string of the molecule is CC1(C)CCC(C)(C)C2Cc3c(sc4c3B3c5cc6c(cc5N(c5ccc7c(c5)C(C)(C)CCC7(C)C)c5cc(-c7ccccc7)cc(c53)N4c3ccc(C(C)(C)C)cc3)C(C)(C)CCC6(C)C)C=C21. The van der Waals surface area contributed by atoms with Gasteiger partial charge in [-0.05, 0) is 198 Å². The van der Waals surface area contributed by atoms with E-state index in [9.17, 15) is 0 Å². The van der Waals surface area contributed by atoms with E-state index in [0.717, 1.165) is 6.42 Å². The molecule has 6 aliphatic rings. The van der Waals surface area contributed by atoms with E-state index in [1.165, 1.54) is 121 Å². The van der Waals surface area contributed by atoms with E-state index < -0.39 is 0 Å². The molecule has 1 fully saturated rings. The second kappa shape index (κ2) is 14.9. The molecule has 360 valence electrons. The molecule has 0 amide bonds. The lowest BCUT2D eigenvalue weighted by molar-refractivity contribution is 0.124. The Morgan fingerprint density at radius 1 is 0.514 bits per heavy atom. The van der Waals surface area contributed by atoms with Crippen molar-refractivity contribution in [1.82, 2.24) is 0 Å². The Bertz CT molecular complexity index is 3180. The highest BCUT2D eigenvalue weighted by Crippen LogP contribution is 2.59. The third kappa shape index (κ3) is 6.83. The van der Waals surface area contributed by atoms with Gasteiger partial charge in [0, 0.05) is 33.3 Å². The van der Waals surface area contributed by atoms with E-state index in [-0.39, 0.29) is 44.6 Å². The van der Waals surface area contributed by atoms with Gasteiger partial charge >= 0.3 is 0 Å². The Morgan fingerprint density at radius 2 is 1.07 bits per heavy atom. The molecule has 70 heavy (non-hydrogen) atoms. The summed E-state index contributed by atoms with van der Waals surface area (Å²) in [5, 5.41) is 1.41. The average Bonchev–Trinajstić information content (AvgIpc) is 3.68. The lowest BCUT2D eigenvalue weighted by Gasteiger charge is -2.50. The molecule has 0 N–H and O–H groups in total. The molecular weight excluding hydrogens is 864 g/mol. The van der Waals surface area contributed by atoms with Crippen LogP contribution in [0.4, 0.5) is 33.4 Å². The van der Waals surface area contributed by atoms with Gasteiger partial charge in [-0.25, -0.2) is 0 Å². The summed E-state index contributed by atoms with van der Waals surface area (Å²) >= 11 is 2.07. The molecule has 1 saturated carbocycles. The molecule has 0 spiro atoms. The smallest absolute Gasteiger partial charge is 0.253 e. The van der Waals surface area contributed by atoms with Crippen molar-refractivity contribution in [1.29, 1.82) is 0 Å². The molecule has 5 aromatic carbocycles. The number of allylic oxidation sites excluding steroid dienone is 1. The highest BCUT2D eigenvalue weighted by Gasteiger charge is 2.52. The Labute approximate surface area is 426 Å². The Kier molecular flexibility index (Phi) is 9.85. The van der Waals surface area contributed by atoms with Gasteiger partial charge < -0.3 is 9.80 Å². The lowest BCUT2D eigenvalue weighted by atomic mass is 9.32. The molecular formula is C66H77BN2S. The van der Waals surface area contributed by atoms with Crippen LogP contribution < -0.4 is 26.2 Å². The number of rotatable bonds is 3. The van der Waals surface area contributed by atoms with Gasteiger partial charge in [-0.3, -0.25) is 0 Å². The van der Waals surface area contributed by atoms with Crippen molar-refractivity contribution in [3.05, 3.63) is 141 Å². The Hall–Kier alpha value is -4.80. The molecule has 1 unspecified atom stereocenters. The zero-order chi connectivity index (χ0) is 49.5. The third-order valence-electron chi connectivity index (χ3n) is 19.4. The number of nitrogens with zero attached hydrogens (tertiary/aromatic N) is 2. The van der Waals surface area contributed by atoms with E-state index in [4.69, 9.17) is 0 Å². The fourth-order valence-electron chi connectivity index (χ4n) is 14.3. The van der Waals surface area contributed by atoms with Crippen molar-refractivity contribution in [3.8, 4) is 11.1 Å². The van der Waals surface area contributed by atoms with Crippen molar-refractivity contribution < 1.29 is 0 Å². The molecule has 12 rings (SSSR count). The summed E-state index contributed by atoms with van der Waals surface area (Å²) in [7, 11) is 0. The van der Waals surface area contributed by atoms with Gasteiger partial charge in [-0.2, -0.15) is 0 Å². The number of thiophene rings is 1. The first kappa shape index (κ1) is 46.3. The van der Waals surface area contributed by atoms with Crippen molar-refractivity contribution in [2.75, 3.05) is 9.80 Å². The van der Waals surface area contributed by atoms with Gasteiger partial charge in [-0.15, -0.1) is 11.3 Å². The van der Waals surface area contributed by atoms with Crippen LogP contribution in [-0.4, -0.2) is 6.71 Å². The molecule has 4 heteroatoms. The highest BCUT2D eigenvalue weighted by molar-refractivity contribution is 7.21. The number of hydrogen-bond donors (Lipinski definition) is 0. The van der Waals surface area contributed by atoms with Crippen LogP contribution in [0.5, 0.6) is 0 Å². The first-order chi connectivity index (χ1) is 32.8. The minimum Gasteiger partial charge on any atom is -0.311 e. The zero-order valence-corrected chi connectivity index (χ0v) is 46.0. The van der Waals surface area contributed by atoms with Crippen molar-refractivity contribution >= 4 is 74.0 Å². The number of hydrogen-bond acceptors (Lipinski definition) is 3. The molecule has 0 bridgehead atoms. The lowest BCUT2D eigenvalue weighted by Crippen LogP contribution is -2.62. The first-order valence-corrected chi connectivity index (χ1v) is 27.7. The highest BCUT2D eigenvalue weighted by atomic mass is 32.1. The summed E-state index contributed by atoms with van der Waals surface area (Å²) < 4.78 is 0. The fraction of sp³-hybridized carbons (Fsp3) is 0.455. The van der Waals surface area contributed by atoms with E-state index in [1.807, 2.05) is 0 Å². The molecule has 2 nitrogen and oxygen atoms in total. The largest absolute Gasteiger partial charge is 0.311 e. The summed E-state index contributed by atoms with van der Waals surface area (Å²) in [6.45, 7) is 37.2. The molecule has 0 saturated heterocycles. The Morgan fingerprint density at radius 3 is 1.70 bits per heavy atom. The monoisotopic (exact) mass is 941 g/mol. The molecule has 2 aliphatic heterocycles. The maximum atomic E-state index is 2.76. The van der Waals surface area contributed by atoms with Gasteiger partial charge in [0.25, 0.3) is 6.71 Å². The number of fused-ring (bicyclic) bond motifs is 9. The first-order valence-electron chi connectivity index (χ1n) is 26.9. The van der Waals surface area contributed by atoms with Crippen LogP contribution in [0, 0.1) is 16.7 Å². The normalized spacial score (nSPS) is 22.4. The van der Waals surface area contributed by atoms with Crippen molar-refractivity contribution in [3.63, 3.8) is 0 Å². The maximum absolute atomic E-state index is 2.76. The van der Waals surface area contributed by atoms with E-state index >= 15 is 0 Å². The van der Waals surface area contributed by atoms with Crippen LogP contribution in [0.1, 0.15) is 181 Å². The summed E-state index contributed by atoms with van der Waals surface area (Å²) in [4.78, 5) is 6.96. The van der Waals surface area contributed by atoms with Crippen LogP contribution in [-0.2, 0) is 33.5 Å². The molecule has 1 atom stereocenters. The van der Waals surface area contributed by atoms with Crippen LogP contribution >= 0.6 is 11.3 Å². The standard InChI is InChI=1S/C66H77BN2S/c1-60(2,3)42-21-23-43(24-22-42)69-55-34-41(40-19-17-16-18-20-40)33-54-58(55)67(57-45-36-48-51(39-56(45)70-59(57)69)66(14,15)32-29-63(48,8)9)52-37-49-50(65(12,13)31-30-64(49,10)11)38-53(52)68(54)44-25-26-46-47(35-44)62(6,7)28-27-61(46,4)5/h16-26,33-35,37-39,48H,27-32,36H2,1-15H3. The zero-order valence-electron chi connectivity index (χ0n) is 45.2. The molecule has 1 aromatic heterocycles. The number of benzene rings is 5. The van der Waals surface area contributed by atoms with Crippen LogP contribution in [0.15, 0.2) is 103 Å². The quantitative estimate of drug-likeness (QED) is 0.163. The predicted molar refractivity (Wildman–Crippen MR) is 305 cm³/mol. The molecule has 6 aromatic rings. The number of anilines is 6. The third-order valence-corrected chi connectivity index (χ3v) is 20.6. The summed E-state index contributed by atoms with van der Waals surface area (Å²) in [6.07, 6.45) is 11.1. The van der Waals surface area contributed by atoms with E-state index in [2.05, 4.69) is 228 Å². The molecule has 3 heterocycles. The molecule has 0 radical (unpaired) electrons. The predicted octanol–water partition coefficient (Wildman–Crippen LogP) is 16.9. The van der Waals surface area contributed by atoms with Gasteiger partial charge in [0.05, 0.1) is 5.00 Å². The average molecular weight is 941 g/mol. The summed E-state index contributed by atoms with van der Waals surface area (Å²) in [5.41, 5.74) is 25.0. The molecule has 4 aliphatic carbocycles. The van der Waals surface area contributed by atoms with E-state index in [1.54, 1.807) is 22.2 Å². The maximum Gasteiger partial charge on any atom is 0.253 e. The second-order valence-corrected chi connectivity index (χ2v) is 28.8. The Balaban J connectivity index is 1.22. The van der Waals surface area contributed by atoms with Crippen LogP contribution in [0.3, 0.4) is 0 Å². The second-order valence-electron chi connectivity index (χ2n) is 27.8. The fourth-order valence-corrected chi connectivity index (χ4v) is 15.7. The van der Waals surface area contributed by atoms with Gasteiger partial charge in [-0.1, -0.05) is 164 Å². The minimum absolute atomic E-state index is 0.0531. The topological polar surface area (TPSA) is 6.48 Å². The van der Waals surface area contributed by atoms with Crippen molar-refractivity contribution in [2.45, 2.75) is 176 Å². The van der Waals surface area contributed by atoms with Gasteiger partial charge in [0.1, 0.15) is 0 Å². The minimum atomic E-state index is 0.0531. The van der Waals surface area contributed by atoms with Gasteiger partial charge in [0.2, 0.25) is 0 Å². The van der Waals surface area contributed by atoms with Gasteiger partial charge in [0.15, 0.2) is 0 Å². The van der Waals surface area contributed by atoms with E-state index in [0.29, 0.717) is 5.92 Å². The van der Waals surface area contributed by atoms with Crippen molar-refractivity contribution in [2.24, 2.45) is 16.7 Å². The summed E-state index contributed by atoms with van der Waals surface area (Å²) in [5.74, 6) is 0.509. The van der Waals surface area contributed by atoms with Crippen LogP contribution in [0.2, 0.25) is 0 Å². The van der Waals surface area contributed by atoms with Crippen LogP contribution in [0.25, 0.3) is 17.2 Å².